The molecular weight excluding hydrogens is 248 g/mol. The topological polar surface area (TPSA) is 75.3 Å². The van der Waals surface area contributed by atoms with Crippen LogP contribution in [0.2, 0.25) is 0 Å². The molecule has 4 N–H and O–H groups in total. The summed E-state index contributed by atoms with van der Waals surface area (Å²) in [5, 5.41) is 14.2. The monoisotopic (exact) mass is 262 g/mol. The van der Waals surface area contributed by atoms with E-state index in [1.165, 1.54) is 10.9 Å². The number of aromatic carboxylic acids is 1. The molecule has 1 unspecified atom stereocenters. The summed E-state index contributed by atoms with van der Waals surface area (Å²) in [5.74, 6) is -0.957. The Labute approximate surface area is 109 Å². The number of nitrogen functional groups attached to an aromatic ring is 1. The van der Waals surface area contributed by atoms with E-state index in [2.05, 4.69) is 5.32 Å². The average molecular weight is 262 g/mol. The molecule has 1 heterocycles. The Balaban J connectivity index is 2.23. The molecule has 0 fully saturated rings. The van der Waals surface area contributed by atoms with E-state index in [-0.39, 0.29) is 11.6 Å². The molecule has 18 heavy (non-hydrogen) atoms. The normalized spacial score (nSPS) is 12.1. The zero-order chi connectivity index (χ0) is 13.1. The first-order chi connectivity index (χ1) is 8.58. The summed E-state index contributed by atoms with van der Waals surface area (Å²) in [6.07, 6.45) is 0. The second-order valence-corrected chi connectivity index (χ2v) is 4.97. The van der Waals surface area contributed by atoms with Gasteiger partial charge in [0.2, 0.25) is 0 Å². The van der Waals surface area contributed by atoms with Gasteiger partial charge >= 0.3 is 5.97 Å². The molecule has 94 valence electrons. The predicted molar refractivity (Wildman–Crippen MR) is 74.2 cm³/mol. The van der Waals surface area contributed by atoms with E-state index < -0.39 is 5.97 Å². The second-order valence-electron chi connectivity index (χ2n) is 3.99. The molecule has 1 atom stereocenters. The Morgan fingerprint density at radius 1 is 1.44 bits per heavy atom. The fourth-order valence-electron chi connectivity index (χ4n) is 1.66. The van der Waals surface area contributed by atoms with Gasteiger partial charge < -0.3 is 16.2 Å². The Kier molecular flexibility index (Phi) is 3.53. The van der Waals surface area contributed by atoms with Crippen LogP contribution in [0.3, 0.4) is 0 Å². The van der Waals surface area contributed by atoms with Gasteiger partial charge in [0.1, 0.15) is 0 Å². The number of carboxylic acids is 1. The quantitative estimate of drug-likeness (QED) is 0.740. The summed E-state index contributed by atoms with van der Waals surface area (Å²) < 4.78 is 0. The van der Waals surface area contributed by atoms with Crippen LogP contribution in [0.25, 0.3) is 0 Å². The zero-order valence-corrected chi connectivity index (χ0v) is 10.7. The van der Waals surface area contributed by atoms with Gasteiger partial charge in [0.05, 0.1) is 23.0 Å². The maximum atomic E-state index is 10.9. The Morgan fingerprint density at radius 2 is 2.22 bits per heavy atom. The minimum atomic E-state index is -0.957. The second kappa shape index (κ2) is 5.10. The van der Waals surface area contributed by atoms with Crippen LogP contribution in [-0.2, 0) is 0 Å². The van der Waals surface area contributed by atoms with Gasteiger partial charge in [-0.2, -0.15) is 0 Å². The third kappa shape index (κ3) is 2.62. The molecule has 1 aromatic carbocycles. The lowest BCUT2D eigenvalue weighted by molar-refractivity contribution is 0.0697. The maximum Gasteiger partial charge on any atom is 0.335 e. The highest BCUT2D eigenvalue weighted by molar-refractivity contribution is 7.10. The highest BCUT2D eigenvalue weighted by Gasteiger charge is 2.10. The van der Waals surface area contributed by atoms with Gasteiger partial charge in [0.15, 0.2) is 0 Å². The number of hydrogen-bond donors (Lipinski definition) is 3. The van der Waals surface area contributed by atoms with Crippen molar-refractivity contribution in [3.63, 3.8) is 0 Å². The maximum absolute atomic E-state index is 10.9. The molecule has 0 bridgehead atoms. The number of anilines is 2. The van der Waals surface area contributed by atoms with Crippen molar-refractivity contribution in [3.05, 3.63) is 46.2 Å². The number of carbonyl (C=O) groups is 1. The Morgan fingerprint density at radius 3 is 2.83 bits per heavy atom. The van der Waals surface area contributed by atoms with E-state index in [1.54, 1.807) is 23.5 Å². The number of nitrogens with one attached hydrogen (secondary N) is 1. The van der Waals surface area contributed by atoms with E-state index >= 15 is 0 Å². The largest absolute Gasteiger partial charge is 0.478 e. The molecule has 0 amide bonds. The van der Waals surface area contributed by atoms with E-state index in [9.17, 15) is 4.79 Å². The van der Waals surface area contributed by atoms with Crippen molar-refractivity contribution < 1.29 is 9.90 Å². The molecule has 0 saturated carbocycles. The molecule has 2 aromatic rings. The standard InChI is InChI=1S/C13H14N2O2S/c1-8(12-3-2-6-18-12)15-11-7-9(13(16)17)4-5-10(11)14/h2-8,15H,14H2,1H3,(H,16,17). The van der Waals surface area contributed by atoms with Crippen LogP contribution in [0, 0.1) is 0 Å². The molecule has 1 aromatic heterocycles. The highest BCUT2D eigenvalue weighted by Crippen LogP contribution is 2.27. The van der Waals surface area contributed by atoms with Gasteiger partial charge in [0.25, 0.3) is 0 Å². The van der Waals surface area contributed by atoms with Crippen LogP contribution in [-0.4, -0.2) is 11.1 Å². The number of carboxylic acid groups (broad SMARTS) is 1. The smallest absolute Gasteiger partial charge is 0.335 e. The highest BCUT2D eigenvalue weighted by atomic mass is 32.1. The molecule has 0 aliphatic rings. The molecule has 4 nitrogen and oxygen atoms in total. The SMILES string of the molecule is CC(Nc1cc(C(=O)O)ccc1N)c1cccs1. The molecule has 5 heteroatoms. The van der Waals surface area contributed by atoms with Crippen molar-refractivity contribution in [2.75, 3.05) is 11.1 Å². The molecular formula is C13H14N2O2S. The van der Waals surface area contributed by atoms with Gasteiger partial charge in [-0.25, -0.2) is 4.79 Å². The van der Waals surface area contributed by atoms with Crippen molar-refractivity contribution >= 4 is 28.7 Å². The summed E-state index contributed by atoms with van der Waals surface area (Å²) in [6, 6.07) is 8.76. The van der Waals surface area contributed by atoms with Crippen molar-refractivity contribution in [1.29, 1.82) is 0 Å². The molecule has 2 rings (SSSR count). The summed E-state index contributed by atoms with van der Waals surface area (Å²) in [6.45, 7) is 2.01. The molecule has 0 spiro atoms. The number of rotatable bonds is 4. The van der Waals surface area contributed by atoms with Crippen LogP contribution in [0.15, 0.2) is 35.7 Å². The van der Waals surface area contributed by atoms with Gasteiger partial charge in [-0.3, -0.25) is 0 Å². The van der Waals surface area contributed by atoms with Crippen LogP contribution >= 0.6 is 11.3 Å². The van der Waals surface area contributed by atoms with Crippen LogP contribution in [0.1, 0.15) is 28.2 Å². The summed E-state index contributed by atoms with van der Waals surface area (Å²) in [7, 11) is 0. The van der Waals surface area contributed by atoms with Crippen molar-refractivity contribution in [3.8, 4) is 0 Å². The van der Waals surface area contributed by atoms with E-state index in [0.29, 0.717) is 11.4 Å². The number of nitrogens with two attached hydrogens (primary N) is 1. The lowest BCUT2D eigenvalue weighted by Crippen LogP contribution is -2.08. The first kappa shape index (κ1) is 12.4. The Hall–Kier alpha value is -2.01. The molecule has 0 saturated heterocycles. The molecule has 0 aliphatic heterocycles. The van der Waals surface area contributed by atoms with E-state index in [4.69, 9.17) is 10.8 Å². The van der Waals surface area contributed by atoms with Gasteiger partial charge in [-0.1, -0.05) is 6.07 Å². The fraction of sp³-hybridized carbons (Fsp3) is 0.154. The summed E-state index contributed by atoms with van der Waals surface area (Å²) in [4.78, 5) is 12.1. The molecule has 0 aliphatic carbocycles. The minimum Gasteiger partial charge on any atom is -0.478 e. The first-order valence-electron chi connectivity index (χ1n) is 5.50. The van der Waals surface area contributed by atoms with Crippen molar-refractivity contribution in [2.24, 2.45) is 0 Å². The average Bonchev–Trinajstić information content (AvgIpc) is 2.85. The van der Waals surface area contributed by atoms with Crippen molar-refractivity contribution in [1.82, 2.24) is 0 Å². The number of hydrogen-bond acceptors (Lipinski definition) is 4. The minimum absolute atomic E-state index is 0.0938. The molecule has 0 radical (unpaired) electrons. The van der Waals surface area contributed by atoms with E-state index in [1.807, 2.05) is 24.4 Å². The van der Waals surface area contributed by atoms with Crippen LogP contribution < -0.4 is 11.1 Å². The zero-order valence-electron chi connectivity index (χ0n) is 9.88. The van der Waals surface area contributed by atoms with Crippen LogP contribution in [0.5, 0.6) is 0 Å². The summed E-state index contributed by atoms with van der Waals surface area (Å²) >= 11 is 1.65. The number of benzene rings is 1. The first-order valence-corrected chi connectivity index (χ1v) is 6.38. The lowest BCUT2D eigenvalue weighted by atomic mass is 10.1. The summed E-state index contributed by atoms with van der Waals surface area (Å²) in [5.41, 5.74) is 7.26. The van der Waals surface area contributed by atoms with Crippen LogP contribution in [0.4, 0.5) is 11.4 Å². The van der Waals surface area contributed by atoms with E-state index in [0.717, 1.165) is 0 Å². The third-order valence-electron chi connectivity index (χ3n) is 2.64. The lowest BCUT2D eigenvalue weighted by Gasteiger charge is -2.16. The number of thiophene rings is 1. The fourth-order valence-corrected chi connectivity index (χ4v) is 2.39. The predicted octanol–water partition coefficient (Wildman–Crippen LogP) is 3.20. The van der Waals surface area contributed by atoms with Gasteiger partial charge in [0, 0.05) is 4.88 Å². The van der Waals surface area contributed by atoms with Crippen molar-refractivity contribution in [2.45, 2.75) is 13.0 Å². The van der Waals surface area contributed by atoms with Gasteiger partial charge in [-0.15, -0.1) is 11.3 Å². The third-order valence-corrected chi connectivity index (χ3v) is 3.70. The Bertz CT molecular complexity index is 552. The van der Waals surface area contributed by atoms with Gasteiger partial charge in [-0.05, 0) is 36.6 Å².